The maximum Gasteiger partial charge on any atom is 0.312 e. The van der Waals surface area contributed by atoms with E-state index in [2.05, 4.69) is 10.1 Å². The van der Waals surface area contributed by atoms with Gasteiger partial charge in [0.25, 0.3) is 0 Å². The smallest absolute Gasteiger partial charge is 0.312 e. The molecule has 0 aliphatic rings. The molecule has 0 atom stereocenters. The highest BCUT2D eigenvalue weighted by Crippen LogP contribution is 2.22. The highest BCUT2D eigenvalue weighted by Gasteiger charge is 2.15. The van der Waals surface area contributed by atoms with Crippen molar-refractivity contribution in [1.82, 2.24) is 14.8 Å². The number of hydrogen-bond donors (Lipinski definition) is 0. The minimum atomic E-state index is -0.341. The van der Waals surface area contributed by atoms with Crippen molar-refractivity contribution in [2.45, 2.75) is 20.0 Å². The van der Waals surface area contributed by atoms with Crippen LogP contribution in [0.3, 0.4) is 0 Å². The quantitative estimate of drug-likeness (QED) is 0.476. The Kier molecular flexibility index (Phi) is 5.01. The highest BCUT2D eigenvalue weighted by atomic mass is 16.5. The van der Waals surface area contributed by atoms with E-state index in [0.29, 0.717) is 17.3 Å². The van der Waals surface area contributed by atoms with Crippen LogP contribution in [-0.2, 0) is 22.6 Å². The molecule has 2 heterocycles. The van der Waals surface area contributed by atoms with Crippen LogP contribution in [0.1, 0.15) is 17.0 Å². The third-order valence-corrected chi connectivity index (χ3v) is 4.33. The molecule has 0 saturated heterocycles. The molecule has 28 heavy (non-hydrogen) atoms. The molecule has 0 spiro atoms. The van der Waals surface area contributed by atoms with Crippen LogP contribution < -0.4 is 0 Å². The molecule has 0 saturated carbocycles. The van der Waals surface area contributed by atoms with Gasteiger partial charge in [-0.1, -0.05) is 30.3 Å². The number of nitrogens with zero attached hydrogens (tertiary/aromatic N) is 3. The van der Waals surface area contributed by atoms with Crippen LogP contribution in [0.5, 0.6) is 0 Å². The molecule has 0 amide bonds. The van der Waals surface area contributed by atoms with Gasteiger partial charge in [0.15, 0.2) is 0 Å². The number of hydrogen-bond acceptors (Lipinski definition) is 5. The largest absolute Gasteiger partial charge is 0.461 e. The van der Waals surface area contributed by atoms with Gasteiger partial charge in [0.1, 0.15) is 12.4 Å². The SMILES string of the molecule is Cc1oc(-c2ccccc2)nc1CC(=O)OCc1ccc(-n2cccn2)cc1. The Balaban J connectivity index is 1.35. The second kappa shape index (κ2) is 7.92. The van der Waals surface area contributed by atoms with E-state index >= 15 is 0 Å². The van der Waals surface area contributed by atoms with E-state index in [1.807, 2.05) is 66.9 Å². The Hall–Kier alpha value is -3.67. The van der Waals surface area contributed by atoms with Gasteiger partial charge in [-0.2, -0.15) is 5.10 Å². The first-order chi connectivity index (χ1) is 13.7. The summed E-state index contributed by atoms with van der Waals surface area (Å²) in [6.45, 7) is 2.01. The molecule has 6 nitrogen and oxygen atoms in total. The molecule has 2 aromatic carbocycles. The molecule has 0 N–H and O–H groups in total. The summed E-state index contributed by atoms with van der Waals surface area (Å²) in [5, 5.41) is 4.18. The first-order valence-corrected chi connectivity index (χ1v) is 8.95. The monoisotopic (exact) mass is 373 g/mol. The summed E-state index contributed by atoms with van der Waals surface area (Å²) >= 11 is 0. The highest BCUT2D eigenvalue weighted by molar-refractivity contribution is 5.72. The van der Waals surface area contributed by atoms with Crippen LogP contribution in [0.2, 0.25) is 0 Å². The molecular weight excluding hydrogens is 354 g/mol. The van der Waals surface area contributed by atoms with Gasteiger partial charge in [-0.05, 0) is 42.8 Å². The van der Waals surface area contributed by atoms with E-state index in [-0.39, 0.29) is 19.0 Å². The predicted molar refractivity (Wildman–Crippen MR) is 104 cm³/mol. The van der Waals surface area contributed by atoms with Gasteiger partial charge in [0.05, 0.1) is 17.8 Å². The Morgan fingerprint density at radius 3 is 2.57 bits per heavy atom. The number of carbonyl (C=O) groups is 1. The second-order valence-electron chi connectivity index (χ2n) is 6.34. The zero-order valence-corrected chi connectivity index (χ0v) is 15.4. The van der Waals surface area contributed by atoms with Crippen molar-refractivity contribution in [3.8, 4) is 17.1 Å². The number of benzene rings is 2. The van der Waals surface area contributed by atoms with Crippen LogP contribution in [0.25, 0.3) is 17.1 Å². The van der Waals surface area contributed by atoms with Gasteiger partial charge >= 0.3 is 5.97 Å². The zero-order valence-electron chi connectivity index (χ0n) is 15.4. The molecule has 140 valence electrons. The lowest BCUT2D eigenvalue weighted by molar-refractivity contribution is -0.144. The van der Waals surface area contributed by atoms with E-state index in [4.69, 9.17) is 9.15 Å². The zero-order chi connectivity index (χ0) is 19.3. The Labute approximate surface area is 162 Å². The lowest BCUT2D eigenvalue weighted by Gasteiger charge is -2.06. The van der Waals surface area contributed by atoms with E-state index in [1.54, 1.807) is 17.8 Å². The fourth-order valence-electron chi connectivity index (χ4n) is 2.81. The average molecular weight is 373 g/mol. The summed E-state index contributed by atoms with van der Waals surface area (Å²) in [4.78, 5) is 16.7. The van der Waals surface area contributed by atoms with Gasteiger partial charge in [-0.3, -0.25) is 4.79 Å². The third-order valence-electron chi connectivity index (χ3n) is 4.33. The number of esters is 1. The average Bonchev–Trinajstić information content (AvgIpc) is 3.38. The van der Waals surface area contributed by atoms with Gasteiger partial charge in [0.2, 0.25) is 5.89 Å². The molecular formula is C22H19N3O3. The molecule has 0 aliphatic heterocycles. The lowest BCUT2D eigenvalue weighted by atomic mass is 10.2. The molecule has 0 unspecified atom stereocenters. The van der Waals surface area contributed by atoms with Crippen molar-refractivity contribution in [2.24, 2.45) is 0 Å². The fraction of sp³-hybridized carbons (Fsp3) is 0.136. The first kappa shape index (κ1) is 17.7. The first-order valence-electron chi connectivity index (χ1n) is 8.95. The van der Waals surface area contributed by atoms with E-state index in [9.17, 15) is 4.79 Å². The van der Waals surface area contributed by atoms with Crippen molar-refractivity contribution in [3.63, 3.8) is 0 Å². The van der Waals surface area contributed by atoms with Crippen molar-refractivity contribution in [1.29, 1.82) is 0 Å². The third kappa shape index (κ3) is 4.01. The molecule has 2 aromatic heterocycles. The maximum atomic E-state index is 12.2. The predicted octanol–water partition coefficient (Wildman–Crippen LogP) is 4.12. The summed E-state index contributed by atoms with van der Waals surface area (Å²) in [6, 6.07) is 19.2. The number of oxazole rings is 1. The number of rotatable bonds is 6. The van der Waals surface area contributed by atoms with Crippen LogP contribution in [0.4, 0.5) is 0 Å². The maximum absolute atomic E-state index is 12.2. The van der Waals surface area contributed by atoms with Gasteiger partial charge < -0.3 is 9.15 Å². The fourth-order valence-corrected chi connectivity index (χ4v) is 2.81. The van der Waals surface area contributed by atoms with Gasteiger partial charge in [-0.15, -0.1) is 0 Å². The Morgan fingerprint density at radius 1 is 1.07 bits per heavy atom. The van der Waals surface area contributed by atoms with E-state index in [0.717, 1.165) is 16.8 Å². The number of ether oxygens (including phenoxy) is 1. The molecule has 4 aromatic rings. The summed E-state index contributed by atoms with van der Waals surface area (Å²) in [5.41, 5.74) is 3.33. The van der Waals surface area contributed by atoms with Gasteiger partial charge in [-0.25, -0.2) is 9.67 Å². The molecule has 0 radical (unpaired) electrons. The summed E-state index contributed by atoms with van der Waals surface area (Å²) in [6.07, 6.45) is 3.68. The summed E-state index contributed by atoms with van der Waals surface area (Å²) in [5.74, 6) is 0.793. The number of aryl methyl sites for hydroxylation is 1. The normalized spacial score (nSPS) is 10.8. The van der Waals surface area contributed by atoms with Crippen molar-refractivity contribution < 1.29 is 13.9 Å². The van der Waals surface area contributed by atoms with Crippen LogP contribution in [-0.4, -0.2) is 20.7 Å². The number of aromatic nitrogens is 3. The molecule has 6 heteroatoms. The van der Waals surface area contributed by atoms with E-state index < -0.39 is 0 Å². The van der Waals surface area contributed by atoms with Crippen molar-refractivity contribution in [3.05, 3.63) is 90.1 Å². The minimum Gasteiger partial charge on any atom is -0.461 e. The minimum absolute atomic E-state index is 0.0769. The van der Waals surface area contributed by atoms with Crippen LogP contribution >= 0.6 is 0 Å². The van der Waals surface area contributed by atoms with Gasteiger partial charge in [0, 0.05) is 18.0 Å². The van der Waals surface area contributed by atoms with Crippen molar-refractivity contribution >= 4 is 5.97 Å². The van der Waals surface area contributed by atoms with E-state index in [1.165, 1.54) is 0 Å². The second-order valence-corrected chi connectivity index (χ2v) is 6.34. The summed E-state index contributed by atoms with van der Waals surface area (Å²) in [7, 11) is 0. The lowest BCUT2D eigenvalue weighted by Crippen LogP contribution is -2.09. The standard InChI is InChI=1S/C22H19N3O3/c1-16-20(24-22(28-16)18-6-3-2-4-7-18)14-21(26)27-15-17-8-10-19(11-9-17)25-13-5-12-23-25/h2-13H,14-15H2,1H3. The molecule has 0 bridgehead atoms. The Morgan fingerprint density at radius 2 is 1.86 bits per heavy atom. The Bertz CT molecular complexity index is 1050. The molecule has 0 aliphatic carbocycles. The topological polar surface area (TPSA) is 70.2 Å². The van der Waals surface area contributed by atoms with Crippen LogP contribution in [0, 0.1) is 6.92 Å². The molecule has 4 rings (SSSR count). The number of carbonyl (C=O) groups excluding carboxylic acids is 1. The summed E-state index contributed by atoms with van der Waals surface area (Å²) < 4.78 is 12.8. The van der Waals surface area contributed by atoms with Crippen LogP contribution in [0.15, 0.2) is 77.5 Å². The molecule has 0 fully saturated rings. The van der Waals surface area contributed by atoms with Crippen molar-refractivity contribution in [2.75, 3.05) is 0 Å².